The van der Waals surface area contributed by atoms with E-state index in [2.05, 4.69) is 0 Å². The quantitative estimate of drug-likeness (QED) is 0.716. The molecule has 0 bridgehead atoms. The number of nitrogens with zero attached hydrogens (tertiary/aromatic N) is 1. The van der Waals surface area contributed by atoms with Gasteiger partial charge in [0.1, 0.15) is 11.6 Å². The van der Waals surface area contributed by atoms with Gasteiger partial charge in [-0.3, -0.25) is 4.79 Å². The molecule has 0 heterocycles. The second-order valence-corrected chi connectivity index (χ2v) is 4.14. The van der Waals surface area contributed by atoms with Crippen LogP contribution >= 0.6 is 0 Å². The maximum atomic E-state index is 13.6. The Kier molecular flexibility index (Phi) is 5.82. The third-order valence-electron chi connectivity index (χ3n) is 2.64. The van der Waals surface area contributed by atoms with Gasteiger partial charge in [-0.05, 0) is 19.2 Å². The van der Waals surface area contributed by atoms with Gasteiger partial charge < -0.3 is 9.64 Å². The van der Waals surface area contributed by atoms with E-state index in [4.69, 9.17) is 4.74 Å². The van der Waals surface area contributed by atoms with Crippen LogP contribution < -0.4 is 4.74 Å². The molecule has 0 fully saturated rings. The smallest absolute Gasteiger partial charge is 0.251 e. The van der Waals surface area contributed by atoms with E-state index in [0.717, 1.165) is 0 Å². The Bertz CT molecular complexity index is 438. The third-order valence-corrected chi connectivity index (χ3v) is 2.64. The standard InChI is InChI=1S/C13H16F3NO2/c1-17(8-12(15)16)7-6-10(18)13-9(14)4-3-5-11(13)19-2/h3-5,12H,6-8H2,1-2H3. The minimum absolute atomic E-state index is 0.0412. The van der Waals surface area contributed by atoms with Crippen LogP contribution in [0.25, 0.3) is 0 Å². The van der Waals surface area contributed by atoms with Crippen molar-refractivity contribution in [1.82, 2.24) is 4.90 Å². The Balaban J connectivity index is 2.68. The molecular weight excluding hydrogens is 259 g/mol. The van der Waals surface area contributed by atoms with Crippen LogP contribution in [0.5, 0.6) is 5.75 Å². The molecule has 0 unspecified atom stereocenters. The number of Topliss-reactive ketones (excluding diaryl/α,β-unsaturated/α-hetero) is 1. The lowest BCUT2D eigenvalue weighted by Crippen LogP contribution is -2.27. The Morgan fingerprint density at radius 3 is 2.68 bits per heavy atom. The summed E-state index contributed by atoms with van der Waals surface area (Å²) < 4.78 is 42.7. The largest absolute Gasteiger partial charge is 0.496 e. The molecule has 19 heavy (non-hydrogen) atoms. The molecule has 1 aromatic carbocycles. The highest BCUT2D eigenvalue weighted by Gasteiger charge is 2.18. The molecule has 0 N–H and O–H groups in total. The molecule has 0 aliphatic rings. The second-order valence-electron chi connectivity index (χ2n) is 4.14. The Morgan fingerprint density at radius 2 is 2.11 bits per heavy atom. The first kappa shape index (κ1) is 15.5. The van der Waals surface area contributed by atoms with E-state index in [0.29, 0.717) is 0 Å². The van der Waals surface area contributed by atoms with Gasteiger partial charge in [0, 0.05) is 13.0 Å². The van der Waals surface area contributed by atoms with Crippen molar-refractivity contribution >= 4 is 5.78 Å². The average Bonchev–Trinajstić information content (AvgIpc) is 2.34. The summed E-state index contributed by atoms with van der Waals surface area (Å²) in [4.78, 5) is 13.2. The van der Waals surface area contributed by atoms with Gasteiger partial charge in [-0.2, -0.15) is 0 Å². The SMILES string of the molecule is COc1cccc(F)c1C(=O)CCN(C)CC(F)F. The molecule has 106 valence electrons. The molecule has 0 aliphatic carbocycles. The Hall–Kier alpha value is -1.56. The van der Waals surface area contributed by atoms with E-state index < -0.39 is 24.6 Å². The molecule has 0 aromatic heterocycles. The highest BCUT2D eigenvalue weighted by molar-refractivity contribution is 5.99. The highest BCUT2D eigenvalue weighted by atomic mass is 19.3. The van der Waals surface area contributed by atoms with Crippen molar-refractivity contribution in [3.63, 3.8) is 0 Å². The molecular formula is C13H16F3NO2. The van der Waals surface area contributed by atoms with Gasteiger partial charge in [0.05, 0.1) is 19.2 Å². The Morgan fingerprint density at radius 1 is 1.42 bits per heavy atom. The summed E-state index contributed by atoms with van der Waals surface area (Å²) in [7, 11) is 2.83. The highest BCUT2D eigenvalue weighted by Crippen LogP contribution is 2.22. The lowest BCUT2D eigenvalue weighted by molar-refractivity contribution is 0.0876. The zero-order chi connectivity index (χ0) is 14.4. The molecule has 1 aromatic rings. The zero-order valence-electron chi connectivity index (χ0n) is 10.8. The van der Waals surface area contributed by atoms with Gasteiger partial charge in [-0.25, -0.2) is 13.2 Å². The van der Waals surface area contributed by atoms with E-state index in [1.165, 1.54) is 37.3 Å². The van der Waals surface area contributed by atoms with Crippen LogP contribution in [0.1, 0.15) is 16.8 Å². The van der Waals surface area contributed by atoms with Crippen LogP contribution in [0.15, 0.2) is 18.2 Å². The summed E-state index contributed by atoms with van der Waals surface area (Å²) in [5, 5.41) is 0. The molecule has 0 aliphatic heterocycles. The van der Waals surface area contributed by atoms with E-state index in [-0.39, 0.29) is 24.3 Å². The first-order valence-electron chi connectivity index (χ1n) is 5.78. The van der Waals surface area contributed by atoms with Gasteiger partial charge in [-0.1, -0.05) is 6.07 Å². The number of carbonyl (C=O) groups is 1. The zero-order valence-corrected chi connectivity index (χ0v) is 10.8. The number of benzene rings is 1. The summed E-state index contributed by atoms with van der Waals surface area (Å²) in [6, 6.07) is 4.09. The monoisotopic (exact) mass is 275 g/mol. The fourth-order valence-electron chi connectivity index (χ4n) is 1.69. The van der Waals surface area contributed by atoms with Crippen LogP contribution in [-0.2, 0) is 0 Å². The van der Waals surface area contributed by atoms with Crippen molar-refractivity contribution < 1.29 is 22.7 Å². The minimum Gasteiger partial charge on any atom is -0.496 e. The number of ether oxygens (including phenoxy) is 1. The van der Waals surface area contributed by atoms with Crippen molar-refractivity contribution in [1.29, 1.82) is 0 Å². The second kappa shape index (κ2) is 7.13. The fraction of sp³-hybridized carbons (Fsp3) is 0.462. The lowest BCUT2D eigenvalue weighted by atomic mass is 10.1. The molecule has 6 heteroatoms. The van der Waals surface area contributed by atoms with E-state index >= 15 is 0 Å². The van der Waals surface area contributed by atoms with Gasteiger partial charge in [0.25, 0.3) is 6.43 Å². The fourth-order valence-corrected chi connectivity index (χ4v) is 1.69. The van der Waals surface area contributed by atoms with Crippen LogP contribution in [0, 0.1) is 5.82 Å². The molecule has 3 nitrogen and oxygen atoms in total. The number of alkyl halides is 2. The molecule has 0 saturated carbocycles. The summed E-state index contributed by atoms with van der Waals surface area (Å²) in [6.45, 7) is -0.275. The van der Waals surface area contributed by atoms with Crippen molar-refractivity contribution in [3.05, 3.63) is 29.6 Å². The predicted molar refractivity (Wildman–Crippen MR) is 65.4 cm³/mol. The number of carbonyl (C=O) groups excluding carboxylic acids is 1. The number of hydrogen-bond donors (Lipinski definition) is 0. The number of hydrogen-bond acceptors (Lipinski definition) is 3. The molecule has 0 atom stereocenters. The number of methoxy groups -OCH3 is 1. The van der Waals surface area contributed by atoms with Crippen LogP contribution in [0.4, 0.5) is 13.2 Å². The maximum Gasteiger partial charge on any atom is 0.251 e. The summed E-state index contributed by atoms with van der Waals surface area (Å²) >= 11 is 0. The average molecular weight is 275 g/mol. The molecule has 1 rings (SSSR count). The summed E-state index contributed by atoms with van der Waals surface area (Å²) in [5.74, 6) is -0.974. The van der Waals surface area contributed by atoms with Crippen LogP contribution in [-0.4, -0.2) is 44.4 Å². The van der Waals surface area contributed by atoms with Gasteiger partial charge in [-0.15, -0.1) is 0 Å². The topological polar surface area (TPSA) is 29.5 Å². The van der Waals surface area contributed by atoms with E-state index in [1.54, 1.807) is 0 Å². The first-order chi connectivity index (χ1) is 8.95. The summed E-state index contributed by atoms with van der Waals surface area (Å²) in [6.07, 6.45) is -2.50. The van der Waals surface area contributed by atoms with Crippen molar-refractivity contribution in [3.8, 4) is 5.75 Å². The lowest BCUT2D eigenvalue weighted by Gasteiger charge is -2.15. The molecule has 0 saturated heterocycles. The van der Waals surface area contributed by atoms with Gasteiger partial charge in [0.2, 0.25) is 0 Å². The molecule has 0 amide bonds. The van der Waals surface area contributed by atoms with Crippen molar-refractivity contribution in [2.75, 3.05) is 27.2 Å². The van der Waals surface area contributed by atoms with E-state index in [1.807, 2.05) is 0 Å². The van der Waals surface area contributed by atoms with Crippen LogP contribution in [0.3, 0.4) is 0 Å². The molecule has 0 spiro atoms. The van der Waals surface area contributed by atoms with Crippen molar-refractivity contribution in [2.24, 2.45) is 0 Å². The van der Waals surface area contributed by atoms with Crippen molar-refractivity contribution in [2.45, 2.75) is 12.8 Å². The molecule has 0 radical (unpaired) electrons. The maximum absolute atomic E-state index is 13.6. The summed E-state index contributed by atoms with van der Waals surface area (Å²) in [5.41, 5.74) is -0.129. The van der Waals surface area contributed by atoms with Crippen LogP contribution in [0.2, 0.25) is 0 Å². The minimum atomic E-state index is -2.46. The van der Waals surface area contributed by atoms with Gasteiger partial charge in [0.15, 0.2) is 5.78 Å². The predicted octanol–water partition coefficient (Wildman–Crippen LogP) is 2.60. The Labute approximate surface area is 110 Å². The normalized spacial score (nSPS) is 11.1. The number of halogens is 3. The van der Waals surface area contributed by atoms with E-state index in [9.17, 15) is 18.0 Å². The third kappa shape index (κ3) is 4.55. The number of ketones is 1. The van der Waals surface area contributed by atoms with Gasteiger partial charge >= 0.3 is 0 Å². The first-order valence-corrected chi connectivity index (χ1v) is 5.78. The number of rotatable bonds is 7.